The van der Waals surface area contributed by atoms with Gasteiger partial charge in [-0.1, -0.05) is 133 Å². The highest BCUT2D eigenvalue weighted by atomic mass is 15.0. The van der Waals surface area contributed by atoms with Crippen LogP contribution in [-0.4, -0.2) is 4.57 Å². The third-order valence-electron chi connectivity index (χ3n) is 10.0. The Bertz CT molecular complexity index is 2400. The molecule has 0 saturated heterocycles. The second-order valence-electron chi connectivity index (χ2n) is 12.1. The lowest BCUT2D eigenvalue weighted by Crippen LogP contribution is -2.25. The Kier molecular flexibility index (Phi) is 4.71. The van der Waals surface area contributed by atoms with Crippen LogP contribution in [0.15, 0.2) is 164 Å². The fourth-order valence-electron chi connectivity index (χ4n) is 8.29. The molecule has 7 aromatic carbocycles. The van der Waals surface area contributed by atoms with Crippen LogP contribution >= 0.6 is 0 Å². The van der Waals surface area contributed by atoms with Crippen LogP contribution in [0, 0.1) is 0 Å². The Morgan fingerprint density at radius 1 is 0.341 bits per heavy atom. The predicted molar refractivity (Wildman–Crippen MR) is 183 cm³/mol. The third kappa shape index (κ3) is 2.94. The number of fused-ring (bicyclic) bond motifs is 13. The molecule has 0 atom stereocenters. The Morgan fingerprint density at radius 3 is 1.61 bits per heavy atom. The van der Waals surface area contributed by atoms with Crippen molar-refractivity contribution in [2.75, 3.05) is 0 Å². The molecule has 2 aliphatic rings. The molecule has 10 rings (SSSR count). The summed E-state index contributed by atoms with van der Waals surface area (Å²) in [4.78, 5) is 0. The molecule has 1 heteroatoms. The molecule has 8 aromatic rings. The second-order valence-corrected chi connectivity index (χ2v) is 12.1. The zero-order valence-electron chi connectivity index (χ0n) is 24.0. The molecular formula is C43H27N. The topological polar surface area (TPSA) is 4.93 Å². The van der Waals surface area contributed by atoms with E-state index in [4.69, 9.17) is 0 Å². The van der Waals surface area contributed by atoms with E-state index in [1.54, 1.807) is 0 Å². The molecule has 0 amide bonds. The third-order valence-corrected chi connectivity index (χ3v) is 10.0. The van der Waals surface area contributed by atoms with E-state index >= 15 is 0 Å². The van der Waals surface area contributed by atoms with E-state index < -0.39 is 0 Å². The van der Waals surface area contributed by atoms with Crippen LogP contribution in [0.2, 0.25) is 0 Å². The van der Waals surface area contributed by atoms with Crippen molar-refractivity contribution in [3.8, 4) is 39.1 Å². The minimum absolute atomic E-state index is 0.344. The number of hydrogen-bond donors (Lipinski definition) is 0. The van der Waals surface area contributed by atoms with Crippen LogP contribution in [0.3, 0.4) is 0 Å². The van der Waals surface area contributed by atoms with Gasteiger partial charge in [-0.05, 0) is 86.0 Å². The van der Waals surface area contributed by atoms with E-state index in [1.807, 2.05) is 0 Å². The van der Waals surface area contributed by atoms with Crippen LogP contribution in [0.4, 0.5) is 0 Å². The zero-order chi connectivity index (χ0) is 28.8. The van der Waals surface area contributed by atoms with E-state index in [0.29, 0.717) is 0 Å². The highest BCUT2D eigenvalue weighted by molar-refractivity contribution is 6.12. The van der Waals surface area contributed by atoms with Gasteiger partial charge >= 0.3 is 0 Å². The summed E-state index contributed by atoms with van der Waals surface area (Å²) < 4.78 is 2.46. The van der Waals surface area contributed by atoms with Crippen LogP contribution in [0.5, 0.6) is 0 Å². The van der Waals surface area contributed by atoms with Crippen molar-refractivity contribution in [3.05, 3.63) is 186 Å². The van der Waals surface area contributed by atoms with Gasteiger partial charge in [0.25, 0.3) is 0 Å². The summed E-state index contributed by atoms with van der Waals surface area (Å²) in [6.07, 6.45) is 0. The van der Waals surface area contributed by atoms with Gasteiger partial charge < -0.3 is 4.57 Å². The summed E-state index contributed by atoms with van der Waals surface area (Å²) in [5.74, 6) is 0. The molecule has 1 aromatic heterocycles. The number of rotatable bonds is 2. The fraction of sp³-hybridized carbons (Fsp3) is 0.0233. The van der Waals surface area contributed by atoms with Crippen molar-refractivity contribution in [1.82, 2.24) is 4.57 Å². The predicted octanol–water partition coefficient (Wildman–Crippen LogP) is 10.8. The quantitative estimate of drug-likeness (QED) is 0.199. The molecule has 1 spiro atoms. The van der Waals surface area contributed by atoms with Crippen molar-refractivity contribution >= 4 is 21.8 Å². The van der Waals surface area contributed by atoms with Gasteiger partial charge in [0.1, 0.15) is 0 Å². The average Bonchev–Trinajstić information content (AvgIpc) is 3.69. The standard InChI is InChI=1S/C43H27N/c1-2-13-28(14-3-1)29-15-12-16-30(25-29)44-41-24-11-7-20-34(41)36-26-40-35(27-42(36)44)33-19-6-10-23-39(33)43(40)37-21-8-4-17-31(37)32-18-5-9-22-38(32)43/h1-27H. The highest BCUT2D eigenvalue weighted by Gasteiger charge is 2.51. The van der Waals surface area contributed by atoms with Crippen LogP contribution in [0.1, 0.15) is 22.3 Å². The molecule has 0 aliphatic heterocycles. The number of benzene rings is 7. The highest BCUT2D eigenvalue weighted by Crippen LogP contribution is 2.63. The van der Waals surface area contributed by atoms with E-state index in [0.717, 1.165) is 0 Å². The fourth-order valence-corrected chi connectivity index (χ4v) is 8.29. The van der Waals surface area contributed by atoms with Crippen molar-refractivity contribution in [2.24, 2.45) is 0 Å². The van der Waals surface area contributed by atoms with Crippen molar-refractivity contribution in [3.63, 3.8) is 0 Å². The zero-order valence-corrected chi connectivity index (χ0v) is 24.0. The summed E-state index contributed by atoms with van der Waals surface area (Å²) in [6.45, 7) is 0. The minimum atomic E-state index is -0.344. The van der Waals surface area contributed by atoms with Gasteiger partial charge in [-0.15, -0.1) is 0 Å². The first-order valence-corrected chi connectivity index (χ1v) is 15.4. The maximum Gasteiger partial charge on any atom is 0.0725 e. The lowest BCUT2D eigenvalue weighted by atomic mass is 9.70. The van der Waals surface area contributed by atoms with Gasteiger partial charge in [-0.2, -0.15) is 0 Å². The van der Waals surface area contributed by atoms with Gasteiger partial charge in [-0.3, -0.25) is 0 Å². The molecule has 2 aliphatic carbocycles. The monoisotopic (exact) mass is 557 g/mol. The van der Waals surface area contributed by atoms with E-state index in [2.05, 4.69) is 168 Å². The van der Waals surface area contributed by atoms with E-state index in [1.165, 1.54) is 83.1 Å². The lowest BCUT2D eigenvalue weighted by molar-refractivity contribution is 0.795. The average molecular weight is 558 g/mol. The molecule has 0 fully saturated rings. The van der Waals surface area contributed by atoms with Gasteiger partial charge in [0, 0.05) is 16.5 Å². The van der Waals surface area contributed by atoms with E-state index in [9.17, 15) is 0 Å². The molecule has 0 unspecified atom stereocenters. The van der Waals surface area contributed by atoms with Crippen molar-refractivity contribution < 1.29 is 0 Å². The normalized spacial score (nSPS) is 13.6. The SMILES string of the molecule is c1ccc(-c2cccc(-n3c4ccccc4c4cc5c(cc43)-c3ccccc3C53c4ccccc4-c4ccccc43)c2)cc1. The van der Waals surface area contributed by atoms with Gasteiger partial charge in [0.05, 0.1) is 16.4 Å². The number of para-hydroxylation sites is 1. The maximum absolute atomic E-state index is 2.52. The smallest absolute Gasteiger partial charge is 0.0725 e. The second kappa shape index (κ2) is 8.69. The number of aromatic nitrogens is 1. The summed E-state index contributed by atoms with van der Waals surface area (Å²) in [7, 11) is 0. The lowest BCUT2D eigenvalue weighted by Gasteiger charge is -2.30. The number of hydrogen-bond acceptors (Lipinski definition) is 0. The van der Waals surface area contributed by atoms with Gasteiger partial charge in [-0.25, -0.2) is 0 Å². The molecule has 44 heavy (non-hydrogen) atoms. The van der Waals surface area contributed by atoms with Crippen LogP contribution in [-0.2, 0) is 5.41 Å². The molecule has 0 N–H and O–H groups in total. The first kappa shape index (κ1) is 23.9. The van der Waals surface area contributed by atoms with Crippen molar-refractivity contribution in [2.45, 2.75) is 5.41 Å². The molecule has 0 saturated carbocycles. The Labute approximate surface area is 256 Å². The van der Waals surface area contributed by atoms with Gasteiger partial charge in [0.15, 0.2) is 0 Å². The molecule has 1 heterocycles. The molecule has 0 bridgehead atoms. The molecule has 0 radical (unpaired) electrons. The summed E-state index contributed by atoms with van der Waals surface area (Å²) in [6, 6.07) is 60.6. The molecule has 204 valence electrons. The largest absolute Gasteiger partial charge is 0.309 e. The first-order chi connectivity index (χ1) is 21.8. The van der Waals surface area contributed by atoms with Crippen LogP contribution < -0.4 is 0 Å². The minimum Gasteiger partial charge on any atom is -0.309 e. The Hall–Kier alpha value is -5.66. The van der Waals surface area contributed by atoms with Crippen molar-refractivity contribution in [1.29, 1.82) is 0 Å². The maximum atomic E-state index is 2.52. The molecule has 1 nitrogen and oxygen atoms in total. The first-order valence-electron chi connectivity index (χ1n) is 15.4. The van der Waals surface area contributed by atoms with E-state index in [-0.39, 0.29) is 5.41 Å². The Morgan fingerprint density at radius 2 is 0.909 bits per heavy atom. The Balaban J connectivity index is 1.33. The summed E-state index contributed by atoms with van der Waals surface area (Å²) in [5.41, 5.74) is 16.6. The van der Waals surface area contributed by atoms with Gasteiger partial charge in [0.2, 0.25) is 0 Å². The summed E-state index contributed by atoms with van der Waals surface area (Å²) in [5, 5.41) is 2.57. The number of nitrogens with zero attached hydrogens (tertiary/aromatic N) is 1. The molecular weight excluding hydrogens is 530 g/mol. The summed E-state index contributed by atoms with van der Waals surface area (Å²) >= 11 is 0. The van der Waals surface area contributed by atoms with Crippen LogP contribution in [0.25, 0.3) is 60.9 Å².